The molecule has 0 aliphatic heterocycles. The summed E-state index contributed by atoms with van der Waals surface area (Å²) in [4.78, 5) is 23.9. The van der Waals surface area contributed by atoms with Crippen molar-refractivity contribution in [2.75, 3.05) is 0 Å². The van der Waals surface area contributed by atoms with Crippen LogP contribution in [0.3, 0.4) is 0 Å². The van der Waals surface area contributed by atoms with E-state index < -0.39 is 0 Å². The fraction of sp³-hybridized carbons (Fsp3) is 0.769. The molecule has 0 bridgehead atoms. The summed E-state index contributed by atoms with van der Waals surface area (Å²) >= 11 is 0. The van der Waals surface area contributed by atoms with Crippen molar-refractivity contribution in [3.05, 3.63) is 24.3 Å². The van der Waals surface area contributed by atoms with E-state index in [4.69, 9.17) is 0 Å². The van der Waals surface area contributed by atoms with E-state index >= 15 is 0 Å². The topological polar surface area (TPSA) is 58.2 Å². The molecule has 0 saturated heterocycles. The Morgan fingerprint density at radius 2 is 0.967 bits per heavy atom. The maximum absolute atomic E-state index is 12.0. The Bertz CT molecular complexity index is 430. The van der Waals surface area contributed by atoms with Crippen LogP contribution in [0.15, 0.2) is 24.3 Å². The third-order valence-electron chi connectivity index (χ3n) is 5.11. The average molecular weight is 421 g/mol. The van der Waals surface area contributed by atoms with Gasteiger partial charge in [0.25, 0.3) is 0 Å². The van der Waals surface area contributed by atoms with Gasteiger partial charge in [-0.05, 0) is 45.4 Å². The first-order valence-electron chi connectivity index (χ1n) is 12.5. The van der Waals surface area contributed by atoms with Gasteiger partial charge >= 0.3 is 0 Å². The summed E-state index contributed by atoms with van der Waals surface area (Å²) in [6, 6.07) is 0. The number of allylic oxidation sites excluding steroid dienone is 4. The number of nitrogens with one attached hydrogen (secondary N) is 2. The zero-order valence-electron chi connectivity index (χ0n) is 20.0. The van der Waals surface area contributed by atoms with E-state index in [9.17, 15) is 9.59 Å². The van der Waals surface area contributed by atoms with Crippen LogP contribution in [-0.2, 0) is 9.59 Å². The molecule has 0 saturated carbocycles. The number of carbonyl (C=O) groups is 2. The second kappa shape index (κ2) is 22.1. The second-order valence-corrected chi connectivity index (χ2v) is 8.28. The van der Waals surface area contributed by atoms with E-state index in [-0.39, 0.29) is 18.0 Å². The molecule has 30 heavy (non-hydrogen) atoms. The Labute approximate surface area is 186 Å². The summed E-state index contributed by atoms with van der Waals surface area (Å²) in [5, 5.41) is 5.70. The summed E-state index contributed by atoms with van der Waals surface area (Å²) in [5.41, 5.74) is 0. The number of unbranched alkanes of at least 4 members (excludes halogenated alkanes) is 10. The van der Waals surface area contributed by atoms with E-state index in [1.807, 2.05) is 6.92 Å². The molecule has 0 radical (unpaired) electrons. The number of carbonyl (C=O) groups excluding carboxylic acids is 2. The maximum Gasteiger partial charge on any atom is 0.221 e. The number of hydrogen-bond donors (Lipinski definition) is 2. The van der Waals surface area contributed by atoms with Gasteiger partial charge in [-0.25, -0.2) is 0 Å². The summed E-state index contributed by atoms with van der Waals surface area (Å²) in [6.07, 6.45) is 25.8. The molecule has 0 spiro atoms. The van der Waals surface area contributed by atoms with E-state index in [2.05, 4.69) is 48.8 Å². The molecule has 0 unspecified atom stereocenters. The van der Waals surface area contributed by atoms with Crippen LogP contribution in [0.1, 0.15) is 124 Å². The van der Waals surface area contributed by atoms with Crippen LogP contribution < -0.4 is 10.6 Å². The molecule has 0 aliphatic carbocycles. The number of amides is 2. The summed E-state index contributed by atoms with van der Waals surface area (Å²) < 4.78 is 0. The van der Waals surface area contributed by atoms with Crippen LogP contribution >= 0.6 is 0 Å². The van der Waals surface area contributed by atoms with E-state index in [1.165, 1.54) is 64.2 Å². The fourth-order valence-electron chi connectivity index (χ4n) is 3.30. The lowest BCUT2D eigenvalue weighted by Gasteiger charge is -2.15. The smallest absolute Gasteiger partial charge is 0.221 e. The van der Waals surface area contributed by atoms with Crippen molar-refractivity contribution in [1.82, 2.24) is 10.6 Å². The van der Waals surface area contributed by atoms with Gasteiger partial charge in [-0.15, -0.1) is 0 Å². The molecule has 0 aliphatic rings. The number of rotatable bonds is 20. The molecule has 4 heteroatoms. The van der Waals surface area contributed by atoms with Crippen molar-refractivity contribution in [1.29, 1.82) is 0 Å². The van der Waals surface area contributed by atoms with Gasteiger partial charge in [-0.1, -0.05) is 89.5 Å². The van der Waals surface area contributed by atoms with Gasteiger partial charge in [0.2, 0.25) is 11.8 Å². The van der Waals surface area contributed by atoms with E-state index in [0.29, 0.717) is 12.8 Å². The highest BCUT2D eigenvalue weighted by Crippen LogP contribution is 2.07. The maximum atomic E-state index is 12.0. The fourth-order valence-corrected chi connectivity index (χ4v) is 3.30. The minimum atomic E-state index is -0.324. The zero-order chi connectivity index (χ0) is 22.3. The Morgan fingerprint density at radius 1 is 0.600 bits per heavy atom. The first-order chi connectivity index (χ1) is 14.6. The van der Waals surface area contributed by atoms with Crippen LogP contribution in [-0.4, -0.2) is 18.0 Å². The molecule has 174 valence electrons. The molecule has 2 N–H and O–H groups in total. The average Bonchev–Trinajstić information content (AvgIpc) is 2.71. The minimum Gasteiger partial charge on any atom is -0.336 e. The molecule has 0 atom stereocenters. The van der Waals surface area contributed by atoms with Gasteiger partial charge in [0.05, 0.1) is 6.17 Å². The predicted molar refractivity (Wildman–Crippen MR) is 129 cm³/mol. The normalized spacial score (nSPS) is 12.5. The Balaban J connectivity index is 3.65. The molecular weight excluding hydrogens is 372 g/mol. The van der Waals surface area contributed by atoms with Crippen LogP contribution in [0.2, 0.25) is 0 Å². The van der Waals surface area contributed by atoms with Crippen LogP contribution in [0.4, 0.5) is 0 Å². The molecule has 0 aromatic rings. The van der Waals surface area contributed by atoms with Crippen LogP contribution in [0.5, 0.6) is 0 Å². The lowest BCUT2D eigenvalue weighted by molar-refractivity contribution is -0.124. The molecule has 0 rings (SSSR count). The summed E-state index contributed by atoms with van der Waals surface area (Å²) in [6.45, 7) is 6.27. The lowest BCUT2D eigenvalue weighted by Crippen LogP contribution is -2.45. The monoisotopic (exact) mass is 420 g/mol. The Hall–Kier alpha value is -1.58. The molecule has 4 nitrogen and oxygen atoms in total. The first-order valence-corrected chi connectivity index (χ1v) is 12.5. The number of hydrogen-bond acceptors (Lipinski definition) is 2. The molecular formula is C26H48N2O2. The Morgan fingerprint density at radius 3 is 1.37 bits per heavy atom. The molecule has 0 aromatic heterocycles. The lowest BCUT2D eigenvalue weighted by atomic mass is 10.1. The van der Waals surface area contributed by atoms with Crippen molar-refractivity contribution in [2.45, 2.75) is 130 Å². The van der Waals surface area contributed by atoms with Crippen molar-refractivity contribution in [2.24, 2.45) is 0 Å². The third-order valence-corrected chi connectivity index (χ3v) is 5.11. The highest BCUT2D eigenvalue weighted by molar-refractivity contribution is 5.79. The van der Waals surface area contributed by atoms with E-state index in [0.717, 1.165) is 25.7 Å². The Kier molecular flexibility index (Phi) is 20.9. The van der Waals surface area contributed by atoms with Gasteiger partial charge in [-0.2, -0.15) is 0 Å². The highest BCUT2D eigenvalue weighted by atomic mass is 16.2. The summed E-state index contributed by atoms with van der Waals surface area (Å²) in [7, 11) is 0. The first kappa shape index (κ1) is 28.4. The van der Waals surface area contributed by atoms with Gasteiger partial charge in [-0.3, -0.25) is 9.59 Å². The minimum absolute atomic E-state index is 0.0154. The zero-order valence-corrected chi connectivity index (χ0v) is 20.0. The SMILES string of the molecule is CCCCCCCC=CCCC(=O)NC(C)NC(=O)CCC=CCCCCCCC. The second-order valence-electron chi connectivity index (χ2n) is 8.28. The van der Waals surface area contributed by atoms with Crippen LogP contribution in [0, 0.1) is 0 Å². The van der Waals surface area contributed by atoms with Crippen molar-refractivity contribution >= 4 is 11.8 Å². The summed E-state index contributed by atoms with van der Waals surface area (Å²) in [5.74, 6) is -0.0308. The predicted octanol–water partition coefficient (Wildman–Crippen LogP) is 6.96. The largest absolute Gasteiger partial charge is 0.336 e. The van der Waals surface area contributed by atoms with Gasteiger partial charge < -0.3 is 10.6 Å². The quantitative estimate of drug-likeness (QED) is 0.127. The molecule has 0 aromatic carbocycles. The van der Waals surface area contributed by atoms with Gasteiger partial charge in [0.15, 0.2) is 0 Å². The van der Waals surface area contributed by atoms with Crippen molar-refractivity contribution < 1.29 is 9.59 Å². The van der Waals surface area contributed by atoms with Crippen molar-refractivity contribution in [3.8, 4) is 0 Å². The van der Waals surface area contributed by atoms with Crippen molar-refractivity contribution in [3.63, 3.8) is 0 Å². The standard InChI is InChI=1S/C26H48N2O2/c1-4-6-8-10-12-14-16-18-20-22-25(29)27-24(3)28-26(30)23-21-19-17-15-13-11-9-7-5-2/h16-19,24H,4-15,20-23H2,1-3H3,(H,27,29)(H,28,30). The molecule has 2 amide bonds. The molecule has 0 fully saturated rings. The highest BCUT2D eigenvalue weighted by Gasteiger charge is 2.09. The third kappa shape index (κ3) is 21.1. The van der Waals surface area contributed by atoms with Gasteiger partial charge in [0, 0.05) is 12.8 Å². The van der Waals surface area contributed by atoms with E-state index in [1.54, 1.807) is 0 Å². The molecule has 0 heterocycles. The van der Waals surface area contributed by atoms with Gasteiger partial charge in [0.1, 0.15) is 0 Å². The van der Waals surface area contributed by atoms with Crippen LogP contribution in [0.25, 0.3) is 0 Å².